The quantitative estimate of drug-likeness (QED) is 0.776. The highest BCUT2D eigenvalue weighted by molar-refractivity contribution is 5.76. The highest BCUT2D eigenvalue weighted by Crippen LogP contribution is 2.15. The zero-order valence-corrected chi connectivity index (χ0v) is 11.0. The number of piperidine rings is 1. The fourth-order valence-corrected chi connectivity index (χ4v) is 2.32. The van der Waals surface area contributed by atoms with Crippen molar-refractivity contribution in [3.63, 3.8) is 0 Å². The van der Waals surface area contributed by atoms with Gasteiger partial charge in [-0.2, -0.15) is 0 Å². The summed E-state index contributed by atoms with van der Waals surface area (Å²) in [7, 11) is 0. The minimum Gasteiger partial charge on any atom is -0.343 e. The van der Waals surface area contributed by atoms with Gasteiger partial charge in [-0.15, -0.1) is 0 Å². The molecule has 1 amide bonds. The molecule has 3 nitrogen and oxygen atoms in total. The minimum atomic E-state index is 0.338. The summed E-state index contributed by atoms with van der Waals surface area (Å²) < 4.78 is 0. The number of nitrogens with one attached hydrogen (secondary N) is 1. The molecule has 0 radical (unpaired) electrons. The van der Waals surface area contributed by atoms with Gasteiger partial charge in [0.2, 0.25) is 5.91 Å². The first-order chi connectivity index (χ1) is 7.63. The summed E-state index contributed by atoms with van der Waals surface area (Å²) in [5.41, 5.74) is 0. The van der Waals surface area contributed by atoms with Crippen LogP contribution in [0.3, 0.4) is 0 Å². The summed E-state index contributed by atoms with van der Waals surface area (Å²) in [5, 5.41) is 3.37. The van der Waals surface area contributed by atoms with Crippen molar-refractivity contribution < 1.29 is 4.79 Å². The van der Waals surface area contributed by atoms with Crippen LogP contribution in [0.25, 0.3) is 0 Å². The van der Waals surface area contributed by atoms with Gasteiger partial charge in [-0.1, -0.05) is 13.8 Å². The second kappa shape index (κ2) is 6.89. The molecule has 0 spiro atoms. The predicted octanol–water partition coefficient (Wildman–Crippen LogP) is 1.88. The summed E-state index contributed by atoms with van der Waals surface area (Å²) in [5.74, 6) is 1.46. The van der Waals surface area contributed by atoms with Crippen molar-refractivity contribution >= 4 is 5.91 Å². The van der Waals surface area contributed by atoms with Crippen LogP contribution in [0.2, 0.25) is 0 Å². The van der Waals surface area contributed by atoms with Crippen molar-refractivity contribution in [1.82, 2.24) is 10.2 Å². The standard InChI is InChI=1S/C13H26N2O/c1-4-15(10-11(2)3)13(16)8-12-6-5-7-14-9-12/h11-12,14H,4-10H2,1-3H3. The van der Waals surface area contributed by atoms with Gasteiger partial charge >= 0.3 is 0 Å². The van der Waals surface area contributed by atoms with E-state index in [-0.39, 0.29) is 0 Å². The van der Waals surface area contributed by atoms with E-state index in [4.69, 9.17) is 0 Å². The van der Waals surface area contributed by atoms with Gasteiger partial charge < -0.3 is 10.2 Å². The molecule has 1 N–H and O–H groups in total. The zero-order valence-electron chi connectivity index (χ0n) is 11.0. The lowest BCUT2D eigenvalue weighted by Crippen LogP contribution is -2.38. The first kappa shape index (κ1) is 13.5. The molecule has 94 valence electrons. The first-order valence-corrected chi connectivity index (χ1v) is 6.62. The number of carbonyl (C=O) groups excluding carboxylic acids is 1. The van der Waals surface area contributed by atoms with Crippen LogP contribution < -0.4 is 5.32 Å². The molecule has 1 aliphatic heterocycles. The van der Waals surface area contributed by atoms with Crippen molar-refractivity contribution in [2.75, 3.05) is 26.2 Å². The fourth-order valence-electron chi connectivity index (χ4n) is 2.32. The monoisotopic (exact) mass is 226 g/mol. The van der Waals surface area contributed by atoms with E-state index in [1.54, 1.807) is 0 Å². The molecule has 0 aromatic carbocycles. The first-order valence-electron chi connectivity index (χ1n) is 6.62. The Bertz CT molecular complexity index is 210. The maximum absolute atomic E-state index is 12.1. The minimum absolute atomic E-state index is 0.338. The maximum atomic E-state index is 12.1. The maximum Gasteiger partial charge on any atom is 0.222 e. The van der Waals surface area contributed by atoms with Crippen LogP contribution in [-0.4, -0.2) is 37.0 Å². The summed E-state index contributed by atoms with van der Waals surface area (Å²) in [6.45, 7) is 10.3. The van der Waals surface area contributed by atoms with E-state index in [1.165, 1.54) is 12.8 Å². The Morgan fingerprint density at radius 2 is 2.25 bits per heavy atom. The van der Waals surface area contributed by atoms with Crippen LogP contribution >= 0.6 is 0 Å². The molecule has 1 aliphatic rings. The average Bonchev–Trinajstić information content (AvgIpc) is 2.26. The van der Waals surface area contributed by atoms with E-state index in [2.05, 4.69) is 26.1 Å². The molecule has 1 unspecified atom stereocenters. The largest absolute Gasteiger partial charge is 0.343 e. The molecule has 1 saturated heterocycles. The van der Waals surface area contributed by atoms with Gasteiger partial charge in [-0.3, -0.25) is 4.79 Å². The molecule has 0 aliphatic carbocycles. The van der Waals surface area contributed by atoms with Crippen molar-refractivity contribution in [3.8, 4) is 0 Å². The highest BCUT2D eigenvalue weighted by atomic mass is 16.2. The number of nitrogens with zero attached hydrogens (tertiary/aromatic N) is 1. The molecule has 0 aromatic rings. The van der Waals surface area contributed by atoms with Gasteiger partial charge in [-0.05, 0) is 44.7 Å². The second-order valence-electron chi connectivity index (χ2n) is 5.24. The zero-order chi connectivity index (χ0) is 12.0. The van der Waals surface area contributed by atoms with E-state index in [9.17, 15) is 4.79 Å². The van der Waals surface area contributed by atoms with E-state index in [1.807, 2.05) is 4.90 Å². The third kappa shape index (κ3) is 4.52. The molecule has 16 heavy (non-hydrogen) atoms. The lowest BCUT2D eigenvalue weighted by Gasteiger charge is -2.27. The van der Waals surface area contributed by atoms with Gasteiger partial charge in [-0.25, -0.2) is 0 Å². The topological polar surface area (TPSA) is 32.3 Å². The third-order valence-electron chi connectivity index (χ3n) is 3.18. The number of amides is 1. The Morgan fingerprint density at radius 1 is 1.50 bits per heavy atom. The van der Waals surface area contributed by atoms with Crippen molar-refractivity contribution in [2.24, 2.45) is 11.8 Å². The third-order valence-corrected chi connectivity index (χ3v) is 3.18. The van der Waals surface area contributed by atoms with E-state index in [0.29, 0.717) is 17.7 Å². The fraction of sp³-hybridized carbons (Fsp3) is 0.923. The molecular weight excluding hydrogens is 200 g/mol. The van der Waals surface area contributed by atoms with Crippen LogP contribution in [0.15, 0.2) is 0 Å². The van der Waals surface area contributed by atoms with Crippen molar-refractivity contribution in [1.29, 1.82) is 0 Å². The number of rotatable bonds is 5. The van der Waals surface area contributed by atoms with Crippen LogP contribution in [0.5, 0.6) is 0 Å². The van der Waals surface area contributed by atoms with Gasteiger partial charge in [0, 0.05) is 19.5 Å². The van der Waals surface area contributed by atoms with E-state index < -0.39 is 0 Å². The molecule has 1 rings (SSSR count). The molecule has 0 aromatic heterocycles. The Morgan fingerprint density at radius 3 is 2.75 bits per heavy atom. The average molecular weight is 226 g/mol. The molecule has 1 fully saturated rings. The van der Waals surface area contributed by atoms with Crippen LogP contribution in [0.4, 0.5) is 0 Å². The Kier molecular flexibility index (Phi) is 5.81. The van der Waals surface area contributed by atoms with Crippen LogP contribution in [-0.2, 0) is 4.79 Å². The van der Waals surface area contributed by atoms with Gasteiger partial charge in [0.25, 0.3) is 0 Å². The van der Waals surface area contributed by atoms with Gasteiger partial charge in [0.1, 0.15) is 0 Å². The normalized spacial score (nSPS) is 21.1. The summed E-state index contributed by atoms with van der Waals surface area (Å²) in [6.07, 6.45) is 3.15. The Balaban J connectivity index is 2.35. The molecular formula is C13H26N2O. The number of hydrogen-bond donors (Lipinski definition) is 1. The van der Waals surface area contributed by atoms with Crippen LogP contribution in [0, 0.1) is 11.8 Å². The summed E-state index contributed by atoms with van der Waals surface area (Å²) in [6, 6.07) is 0. The Hall–Kier alpha value is -0.570. The summed E-state index contributed by atoms with van der Waals surface area (Å²) in [4.78, 5) is 14.1. The number of hydrogen-bond acceptors (Lipinski definition) is 2. The number of carbonyl (C=O) groups is 1. The molecule has 0 saturated carbocycles. The van der Waals surface area contributed by atoms with E-state index >= 15 is 0 Å². The lowest BCUT2D eigenvalue weighted by molar-refractivity contribution is -0.132. The van der Waals surface area contributed by atoms with Gasteiger partial charge in [0.05, 0.1) is 0 Å². The van der Waals surface area contributed by atoms with Crippen molar-refractivity contribution in [3.05, 3.63) is 0 Å². The Labute approximate surface area is 99.6 Å². The highest BCUT2D eigenvalue weighted by Gasteiger charge is 2.20. The van der Waals surface area contributed by atoms with Crippen molar-refractivity contribution in [2.45, 2.75) is 40.0 Å². The van der Waals surface area contributed by atoms with E-state index in [0.717, 1.165) is 32.6 Å². The lowest BCUT2D eigenvalue weighted by atomic mass is 9.95. The molecule has 0 bridgehead atoms. The molecule has 3 heteroatoms. The predicted molar refractivity (Wildman–Crippen MR) is 67.3 cm³/mol. The SMILES string of the molecule is CCN(CC(C)C)C(=O)CC1CCCNC1. The molecule has 1 heterocycles. The summed E-state index contributed by atoms with van der Waals surface area (Å²) >= 11 is 0. The van der Waals surface area contributed by atoms with Gasteiger partial charge in [0.15, 0.2) is 0 Å². The molecule has 1 atom stereocenters. The smallest absolute Gasteiger partial charge is 0.222 e. The van der Waals surface area contributed by atoms with Crippen LogP contribution in [0.1, 0.15) is 40.0 Å². The second-order valence-corrected chi connectivity index (χ2v) is 5.24.